The molecule has 0 amide bonds. The maximum Gasteiger partial charge on any atom is 0.0487 e. The topological polar surface area (TPSA) is 44.5 Å². The molecule has 0 spiro atoms. The predicted octanol–water partition coefficient (Wildman–Crippen LogP) is 1.66. The zero-order valence-electron chi connectivity index (χ0n) is 9.79. The standard InChI is InChI=1S/C11H25NO2/c1-10(2)11(9-12)5-8-14-7-4-6-13-3/h10-11H,4-9,12H2,1-3H3. The second-order valence-electron chi connectivity index (χ2n) is 3.99. The highest BCUT2D eigenvalue weighted by Crippen LogP contribution is 2.13. The normalized spacial score (nSPS) is 13.5. The van der Waals surface area contributed by atoms with Crippen LogP contribution in [0.5, 0.6) is 0 Å². The van der Waals surface area contributed by atoms with Gasteiger partial charge in [0.2, 0.25) is 0 Å². The Kier molecular flexibility index (Phi) is 9.35. The van der Waals surface area contributed by atoms with Gasteiger partial charge in [-0.25, -0.2) is 0 Å². The Balaban J connectivity index is 3.25. The maximum atomic E-state index is 5.66. The van der Waals surface area contributed by atoms with Gasteiger partial charge in [0, 0.05) is 26.9 Å². The highest BCUT2D eigenvalue weighted by Gasteiger charge is 2.10. The quantitative estimate of drug-likeness (QED) is 0.580. The van der Waals surface area contributed by atoms with Crippen molar-refractivity contribution in [2.75, 3.05) is 33.5 Å². The Morgan fingerprint density at radius 1 is 1.14 bits per heavy atom. The number of methoxy groups -OCH3 is 1. The van der Waals surface area contributed by atoms with Crippen LogP contribution in [0.1, 0.15) is 26.7 Å². The summed E-state index contributed by atoms with van der Waals surface area (Å²) >= 11 is 0. The van der Waals surface area contributed by atoms with Gasteiger partial charge >= 0.3 is 0 Å². The first-order valence-electron chi connectivity index (χ1n) is 5.49. The highest BCUT2D eigenvalue weighted by atomic mass is 16.5. The molecule has 0 saturated carbocycles. The minimum atomic E-state index is 0.595. The molecule has 14 heavy (non-hydrogen) atoms. The smallest absolute Gasteiger partial charge is 0.0487 e. The van der Waals surface area contributed by atoms with Crippen LogP contribution < -0.4 is 5.73 Å². The Morgan fingerprint density at radius 2 is 1.86 bits per heavy atom. The fourth-order valence-corrected chi connectivity index (χ4v) is 1.37. The Labute approximate surface area is 88.0 Å². The second-order valence-corrected chi connectivity index (χ2v) is 3.99. The van der Waals surface area contributed by atoms with Gasteiger partial charge < -0.3 is 15.2 Å². The number of hydrogen-bond donors (Lipinski definition) is 1. The average molecular weight is 203 g/mol. The van der Waals surface area contributed by atoms with Crippen LogP contribution in [0.2, 0.25) is 0 Å². The lowest BCUT2D eigenvalue weighted by Gasteiger charge is -2.18. The van der Waals surface area contributed by atoms with E-state index in [4.69, 9.17) is 15.2 Å². The van der Waals surface area contributed by atoms with Gasteiger partial charge in [0.15, 0.2) is 0 Å². The Hall–Kier alpha value is -0.120. The summed E-state index contributed by atoms with van der Waals surface area (Å²) in [7, 11) is 1.71. The lowest BCUT2D eigenvalue weighted by Crippen LogP contribution is -2.21. The predicted molar refractivity (Wildman–Crippen MR) is 59.3 cm³/mol. The summed E-state index contributed by atoms with van der Waals surface area (Å²) in [5.41, 5.74) is 5.66. The van der Waals surface area contributed by atoms with E-state index in [1.807, 2.05) is 0 Å². The number of nitrogens with two attached hydrogens (primary N) is 1. The molecule has 0 saturated heterocycles. The first kappa shape index (κ1) is 13.9. The third kappa shape index (κ3) is 7.30. The van der Waals surface area contributed by atoms with E-state index in [0.717, 1.165) is 39.2 Å². The van der Waals surface area contributed by atoms with Gasteiger partial charge in [-0.3, -0.25) is 0 Å². The monoisotopic (exact) mass is 203 g/mol. The molecule has 0 aromatic carbocycles. The van der Waals surface area contributed by atoms with Crippen molar-refractivity contribution in [2.45, 2.75) is 26.7 Å². The van der Waals surface area contributed by atoms with Gasteiger partial charge in [-0.15, -0.1) is 0 Å². The van der Waals surface area contributed by atoms with E-state index in [1.165, 1.54) is 0 Å². The molecule has 0 heterocycles. The van der Waals surface area contributed by atoms with E-state index in [2.05, 4.69) is 13.8 Å². The zero-order valence-corrected chi connectivity index (χ0v) is 9.79. The van der Waals surface area contributed by atoms with Crippen molar-refractivity contribution in [3.05, 3.63) is 0 Å². The van der Waals surface area contributed by atoms with Crippen molar-refractivity contribution in [1.82, 2.24) is 0 Å². The first-order chi connectivity index (χ1) is 6.72. The number of rotatable bonds is 9. The minimum Gasteiger partial charge on any atom is -0.385 e. The summed E-state index contributed by atoms with van der Waals surface area (Å²) in [6, 6.07) is 0. The highest BCUT2D eigenvalue weighted by molar-refractivity contribution is 4.63. The molecule has 0 aromatic heterocycles. The van der Waals surface area contributed by atoms with Gasteiger partial charge in [-0.1, -0.05) is 13.8 Å². The van der Waals surface area contributed by atoms with Crippen molar-refractivity contribution in [1.29, 1.82) is 0 Å². The van der Waals surface area contributed by atoms with Crippen molar-refractivity contribution in [3.63, 3.8) is 0 Å². The molecule has 0 aliphatic carbocycles. The summed E-state index contributed by atoms with van der Waals surface area (Å²) in [4.78, 5) is 0. The Morgan fingerprint density at radius 3 is 2.36 bits per heavy atom. The molecule has 0 aromatic rings. The minimum absolute atomic E-state index is 0.595. The first-order valence-corrected chi connectivity index (χ1v) is 5.49. The van der Waals surface area contributed by atoms with E-state index < -0.39 is 0 Å². The molecule has 86 valence electrons. The summed E-state index contributed by atoms with van der Waals surface area (Å²) < 4.78 is 10.4. The van der Waals surface area contributed by atoms with Crippen LogP contribution >= 0.6 is 0 Å². The number of ether oxygens (including phenoxy) is 2. The van der Waals surface area contributed by atoms with Gasteiger partial charge in [0.1, 0.15) is 0 Å². The fraction of sp³-hybridized carbons (Fsp3) is 1.00. The Bertz CT molecular complexity index is 118. The van der Waals surface area contributed by atoms with E-state index in [9.17, 15) is 0 Å². The maximum absolute atomic E-state index is 5.66. The fourth-order valence-electron chi connectivity index (χ4n) is 1.37. The van der Waals surface area contributed by atoms with E-state index in [1.54, 1.807) is 7.11 Å². The van der Waals surface area contributed by atoms with Gasteiger partial charge in [-0.2, -0.15) is 0 Å². The molecular formula is C11H25NO2. The van der Waals surface area contributed by atoms with Crippen LogP contribution in [0.4, 0.5) is 0 Å². The van der Waals surface area contributed by atoms with Crippen LogP contribution in [0.25, 0.3) is 0 Å². The SMILES string of the molecule is COCCCOCCC(CN)C(C)C. The molecule has 3 heteroatoms. The molecule has 0 radical (unpaired) electrons. The van der Waals surface area contributed by atoms with E-state index in [-0.39, 0.29) is 0 Å². The van der Waals surface area contributed by atoms with E-state index in [0.29, 0.717) is 11.8 Å². The molecule has 3 nitrogen and oxygen atoms in total. The molecule has 0 aliphatic rings. The van der Waals surface area contributed by atoms with Crippen LogP contribution in [-0.4, -0.2) is 33.5 Å². The van der Waals surface area contributed by atoms with E-state index >= 15 is 0 Å². The molecule has 2 N–H and O–H groups in total. The van der Waals surface area contributed by atoms with Crippen LogP contribution in [-0.2, 0) is 9.47 Å². The van der Waals surface area contributed by atoms with Crippen molar-refractivity contribution < 1.29 is 9.47 Å². The van der Waals surface area contributed by atoms with Gasteiger partial charge in [0.05, 0.1) is 0 Å². The second kappa shape index (κ2) is 9.44. The third-order valence-electron chi connectivity index (χ3n) is 2.52. The van der Waals surface area contributed by atoms with Crippen LogP contribution in [0.3, 0.4) is 0 Å². The molecule has 1 unspecified atom stereocenters. The summed E-state index contributed by atoms with van der Waals surface area (Å²) in [5, 5.41) is 0. The summed E-state index contributed by atoms with van der Waals surface area (Å²) in [6.45, 7) is 7.58. The molecule has 1 atom stereocenters. The summed E-state index contributed by atoms with van der Waals surface area (Å²) in [6.07, 6.45) is 2.05. The number of hydrogen-bond acceptors (Lipinski definition) is 3. The lowest BCUT2D eigenvalue weighted by atomic mass is 9.93. The van der Waals surface area contributed by atoms with Gasteiger partial charge in [-0.05, 0) is 31.2 Å². The molecule has 0 bridgehead atoms. The van der Waals surface area contributed by atoms with Crippen molar-refractivity contribution in [3.8, 4) is 0 Å². The van der Waals surface area contributed by atoms with Crippen molar-refractivity contribution in [2.24, 2.45) is 17.6 Å². The summed E-state index contributed by atoms with van der Waals surface area (Å²) in [5.74, 6) is 1.25. The largest absolute Gasteiger partial charge is 0.385 e. The molecule has 0 aliphatic heterocycles. The van der Waals surface area contributed by atoms with Crippen molar-refractivity contribution >= 4 is 0 Å². The molecular weight excluding hydrogens is 178 g/mol. The van der Waals surface area contributed by atoms with Gasteiger partial charge in [0.25, 0.3) is 0 Å². The average Bonchev–Trinajstić information content (AvgIpc) is 2.16. The molecule has 0 fully saturated rings. The van der Waals surface area contributed by atoms with Crippen LogP contribution in [0.15, 0.2) is 0 Å². The zero-order chi connectivity index (χ0) is 10.8. The third-order valence-corrected chi connectivity index (χ3v) is 2.52. The van der Waals surface area contributed by atoms with Crippen LogP contribution in [0, 0.1) is 11.8 Å². The molecule has 0 rings (SSSR count). The lowest BCUT2D eigenvalue weighted by molar-refractivity contribution is 0.0902.